The number of nitrogen functional groups attached to an aromatic ring is 1. The summed E-state index contributed by atoms with van der Waals surface area (Å²) in [6.45, 7) is 3.50. The highest BCUT2D eigenvalue weighted by molar-refractivity contribution is 6.00. The van der Waals surface area contributed by atoms with E-state index in [-0.39, 0.29) is 17.2 Å². The van der Waals surface area contributed by atoms with Gasteiger partial charge < -0.3 is 20.9 Å². The number of carboxylic acid groups (broad SMARTS) is 1. The molecule has 19 heavy (non-hydrogen) atoms. The van der Waals surface area contributed by atoms with Crippen LogP contribution in [-0.4, -0.2) is 29.7 Å². The van der Waals surface area contributed by atoms with E-state index in [1.54, 1.807) is 6.92 Å². The summed E-state index contributed by atoms with van der Waals surface area (Å²) in [7, 11) is 1.46. The normalized spacial score (nSPS) is 13.6. The SMILES string of the molecule is CCC(C)(OC)C(=O)Nc1ccc(C(=O)O)cc1N. The molecule has 104 valence electrons. The minimum atomic E-state index is -1.07. The number of anilines is 2. The lowest BCUT2D eigenvalue weighted by Gasteiger charge is -2.25. The van der Waals surface area contributed by atoms with Crippen molar-refractivity contribution in [2.45, 2.75) is 25.9 Å². The van der Waals surface area contributed by atoms with Crippen molar-refractivity contribution >= 4 is 23.3 Å². The summed E-state index contributed by atoms with van der Waals surface area (Å²) in [5.41, 5.74) is 5.40. The topological polar surface area (TPSA) is 102 Å². The molecule has 6 heteroatoms. The zero-order chi connectivity index (χ0) is 14.6. The molecule has 0 aliphatic rings. The van der Waals surface area contributed by atoms with E-state index in [2.05, 4.69) is 5.32 Å². The molecule has 0 saturated carbocycles. The summed E-state index contributed by atoms with van der Waals surface area (Å²) in [4.78, 5) is 22.8. The maximum absolute atomic E-state index is 12.1. The van der Waals surface area contributed by atoms with Crippen molar-refractivity contribution in [2.24, 2.45) is 0 Å². The van der Waals surface area contributed by atoms with Gasteiger partial charge in [0.05, 0.1) is 16.9 Å². The molecule has 1 rings (SSSR count). The second-order valence-corrected chi connectivity index (χ2v) is 4.35. The Bertz CT molecular complexity index is 495. The van der Waals surface area contributed by atoms with Crippen LogP contribution in [0.3, 0.4) is 0 Å². The molecule has 4 N–H and O–H groups in total. The van der Waals surface area contributed by atoms with Gasteiger partial charge in [0, 0.05) is 7.11 Å². The molecule has 1 aromatic carbocycles. The third-order valence-corrected chi connectivity index (χ3v) is 3.15. The molecule has 0 aliphatic carbocycles. The van der Waals surface area contributed by atoms with Gasteiger partial charge in [-0.2, -0.15) is 0 Å². The Morgan fingerprint density at radius 2 is 2.11 bits per heavy atom. The average Bonchev–Trinajstić information content (AvgIpc) is 2.39. The van der Waals surface area contributed by atoms with Crippen molar-refractivity contribution in [2.75, 3.05) is 18.2 Å². The second-order valence-electron chi connectivity index (χ2n) is 4.35. The molecule has 0 radical (unpaired) electrons. The number of carbonyl (C=O) groups excluding carboxylic acids is 1. The highest BCUT2D eigenvalue weighted by atomic mass is 16.5. The Kier molecular flexibility index (Phi) is 4.50. The van der Waals surface area contributed by atoms with Crippen LogP contribution in [0.25, 0.3) is 0 Å². The van der Waals surface area contributed by atoms with E-state index in [9.17, 15) is 9.59 Å². The Hall–Kier alpha value is -2.08. The number of carbonyl (C=O) groups is 2. The molecule has 0 fully saturated rings. The van der Waals surface area contributed by atoms with E-state index in [0.29, 0.717) is 12.1 Å². The first-order valence-corrected chi connectivity index (χ1v) is 5.83. The van der Waals surface area contributed by atoms with Gasteiger partial charge in [-0.3, -0.25) is 4.79 Å². The molecule has 0 spiro atoms. The maximum atomic E-state index is 12.1. The fourth-order valence-electron chi connectivity index (χ4n) is 1.46. The summed E-state index contributed by atoms with van der Waals surface area (Å²) >= 11 is 0. The number of nitrogens with two attached hydrogens (primary N) is 1. The van der Waals surface area contributed by atoms with E-state index in [4.69, 9.17) is 15.6 Å². The van der Waals surface area contributed by atoms with Crippen molar-refractivity contribution in [3.05, 3.63) is 23.8 Å². The van der Waals surface area contributed by atoms with Gasteiger partial charge in [-0.15, -0.1) is 0 Å². The smallest absolute Gasteiger partial charge is 0.335 e. The number of ether oxygens (including phenoxy) is 1. The van der Waals surface area contributed by atoms with Crippen LogP contribution >= 0.6 is 0 Å². The second kappa shape index (κ2) is 5.71. The van der Waals surface area contributed by atoms with Crippen molar-refractivity contribution in [1.82, 2.24) is 0 Å². The van der Waals surface area contributed by atoms with Crippen LogP contribution in [0.5, 0.6) is 0 Å². The quantitative estimate of drug-likeness (QED) is 0.704. The summed E-state index contributed by atoms with van der Waals surface area (Å²) in [5.74, 6) is -1.40. The number of aromatic carboxylic acids is 1. The predicted molar refractivity (Wildman–Crippen MR) is 72.1 cm³/mol. The molecular formula is C13H18N2O4. The maximum Gasteiger partial charge on any atom is 0.335 e. The van der Waals surface area contributed by atoms with Crippen LogP contribution in [0.1, 0.15) is 30.6 Å². The Balaban J connectivity index is 2.95. The van der Waals surface area contributed by atoms with Gasteiger partial charge in [-0.05, 0) is 31.5 Å². The molecule has 0 aliphatic heterocycles. The summed E-state index contributed by atoms with van der Waals surface area (Å²) in [6.07, 6.45) is 0.502. The largest absolute Gasteiger partial charge is 0.478 e. The molecule has 1 unspecified atom stereocenters. The molecule has 6 nitrogen and oxygen atoms in total. The number of hydrogen-bond acceptors (Lipinski definition) is 4. The highest BCUT2D eigenvalue weighted by Crippen LogP contribution is 2.23. The first-order chi connectivity index (χ1) is 8.84. The van der Waals surface area contributed by atoms with Crippen LogP contribution in [0.4, 0.5) is 11.4 Å². The van der Waals surface area contributed by atoms with Crippen LogP contribution in [0, 0.1) is 0 Å². The summed E-state index contributed by atoms with van der Waals surface area (Å²) in [6, 6.07) is 4.14. The van der Waals surface area contributed by atoms with Gasteiger partial charge in [0.2, 0.25) is 0 Å². The molecule has 1 atom stereocenters. The van der Waals surface area contributed by atoms with Gasteiger partial charge in [-0.1, -0.05) is 6.92 Å². The van der Waals surface area contributed by atoms with E-state index in [1.807, 2.05) is 6.92 Å². The third kappa shape index (κ3) is 3.23. The van der Waals surface area contributed by atoms with E-state index in [1.165, 1.54) is 25.3 Å². The number of carboxylic acids is 1. The predicted octanol–water partition coefficient (Wildman–Crippen LogP) is 1.72. The fraction of sp³-hybridized carbons (Fsp3) is 0.385. The van der Waals surface area contributed by atoms with Gasteiger partial charge >= 0.3 is 5.97 Å². The Morgan fingerprint density at radius 3 is 2.53 bits per heavy atom. The van der Waals surface area contributed by atoms with Gasteiger partial charge in [0.25, 0.3) is 5.91 Å². The monoisotopic (exact) mass is 266 g/mol. The lowest BCUT2D eigenvalue weighted by molar-refractivity contribution is -0.136. The number of nitrogens with one attached hydrogen (secondary N) is 1. The Morgan fingerprint density at radius 1 is 1.47 bits per heavy atom. The van der Waals surface area contributed by atoms with Gasteiger partial charge in [0.15, 0.2) is 0 Å². The molecule has 0 heterocycles. The van der Waals surface area contributed by atoms with Crippen molar-refractivity contribution in [1.29, 1.82) is 0 Å². The van der Waals surface area contributed by atoms with Gasteiger partial charge in [0.1, 0.15) is 5.60 Å². The van der Waals surface area contributed by atoms with Gasteiger partial charge in [-0.25, -0.2) is 4.79 Å². The van der Waals surface area contributed by atoms with E-state index >= 15 is 0 Å². The molecular weight excluding hydrogens is 248 g/mol. The zero-order valence-electron chi connectivity index (χ0n) is 11.2. The molecule has 0 bridgehead atoms. The first kappa shape index (κ1) is 15.0. The van der Waals surface area contributed by atoms with Crippen LogP contribution < -0.4 is 11.1 Å². The minimum Gasteiger partial charge on any atom is -0.478 e. The fourth-order valence-corrected chi connectivity index (χ4v) is 1.46. The molecule has 0 saturated heterocycles. The minimum absolute atomic E-state index is 0.0699. The number of methoxy groups -OCH3 is 1. The first-order valence-electron chi connectivity index (χ1n) is 5.83. The lowest BCUT2D eigenvalue weighted by atomic mass is 10.0. The lowest BCUT2D eigenvalue weighted by Crippen LogP contribution is -2.41. The summed E-state index contributed by atoms with van der Waals surface area (Å²) < 4.78 is 5.18. The standard InChI is InChI=1S/C13H18N2O4/c1-4-13(2,19-3)12(18)15-10-6-5-8(11(16)17)7-9(10)14/h5-7H,4,14H2,1-3H3,(H,15,18)(H,16,17). The van der Waals surface area contributed by atoms with E-state index < -0.39 is 11.6 Å². The zero-order valence-corrected chi connectivity index (χ0v) is 11.2. The third-order valence-electron chi connectivity index (χ3n) is 3.15. The Labute approximate surface area is 111 Å². The van der Waals surface area contributed by atoms with Crippen molar-refractivity contribution in [3.63, 3.8) is 0 Å². The van der Waals surface area contributed by atoms with Crippen molar-refractivity contribution in [3.8, 4) is 0 Å². The molecule has 1 aromatic rings. The highest BCUT2D eigenvalue weighted by Gasteiger charge is 2.31. The number of benzene rings is 1. The van der Waals surface area contributed by atoms with Crippen LogP contribution in [0.15, 0.2) is 18.2 Å². The number of amides is 1. The van der Waals surface area contributed by atoms with Crippen molar-refractivity contribution < 1.29 is 19.4 Å². The van der Waals surface area contributed by atoms with E-state index in [0.717, 1.165) is 0 Å². The average molecular weight is 266 g/mol. The molecule has 0 aromatic heterocycles. The van der Waals surface area contributed by atoms with Crippen LogP contribution in [-0.2, 0) is 9.53 Å². The summed E-state index contributed by atoms with van der Waals surface area (Å²) in [5, 5.41) is 11.5. The number of hydrogen-bond donors (Lipinski definition) is 3. The molecule has 1 amide bonds. The van der Waals surface area contributed by atoms with Crippen LogP contribution in [0.2, 0.25) is 0 Å². The number of rotatable bonds is 5.